The van der Waals surface area contributed by atoms with Crippen LogP contribution in [0, 0.1) is 17.0 Å². The molecule has 0 aliphatic rings. The third-order valence-electron chi connectivity index (χ3n) is 2.74. The summed E-state index contributed by atoms with van der Waals surface area (Å²) < 4.78 is 1.77. The Kier molecular flexibility index (Phi) is 3.29. The number of hydrogen-bond acceptors (Lipinski definition) is 4. The van der Waals surface area contributed by atoms with Gasteiger partial charge in [-0.25, -0.2) is 0 Å². The van der Waals surface area contributed by atoms with E-state index in [2.05, 4.69) is 10.2 Å². The maximum absolute atomic E-state index is 10.7. The van der Waals surface area contributed by atoms with Gasteiger partial charge in [0.15, 0.2) is 5.82 Å². The molecule has 0 unspecified atom stereocenters. The van der Waals surface area contributed by atoms with E-state index >= 15 is 0 Å². The summed E-state index contributed by atoms with van der Waals surface area (Å²) in [5, 5.41) is 18.7. The van der Waals surface area contributed by atoms with Gasteiger partial charge in [0, 0.05) is 24.2 Å². The van der Waals surface area contributed by atoms with Crippen LogP contribution in [-0.4, -0.2) is 19.7 Å². The molecule has 1 aromatic heterocycles. The van der Waals surface area contributed by atoms with Gasteiger partial charge in [0.25, 0.3) is 5.69 Å². The highest BCUT2D eigenvalue weighted by molar-refractivity contribution is 6.16. The van der Waals surface area contributed by atoms with Gasteiger partial charge in [-0.05, 0) is 19.1 Å². The molecule has 0 radical (unpaired) electrons. The van der Waals surface area contributed by atoms with Crippen molar-refractivity contribution < 1.29 is 4.92 Å². The molecule has 0 amide bonds. The van der Waals surface area contributed by atoms with E-state index in [-0.39, 0.29) is 11.6 Å². The first kappa shape index (κ1) is 12.5. The molecule has 18 heavy (non-hydrogen) atoms. The molecule has 2 rings (SSSR count). The van der Waals surface area contributed by atoms with Crippen molar-refractivity contribution in [3.8, 4) is 11.4 Å². The lowest BCUT2D eigenvalue weighted by atomic mass is 10.1. The lowest BCUT2D eigenvalue weighted by Gasteiger charge is -2.04. The molecule has 6 nitrogen and oxygen atoms in total. The van der Waals surface area contributed by atoms with Crippen molar-refractivity contribution in [2.45, 2.75) is 12.8 Å². The first-order chi connectivity index (χ1) is 8.54. The number of nitro groups is 1. The number of aryl methyl sites for hydroxylation is 1. The van der Waals surface area contributed by atoms with E-state index < -0.39 is 4.92 Å². The molecule has 2 aromatic rings. The molecule has 0 N–H and O–H groups in total. The van der Waals surface area contributed by atoms with Gasteiger partial charge in [-0.3, -0.25) is 10.1 Å². The Balaban J connectivity index is 2.49. The number of alkyl halides is 1. The van der Waals surface area contributed by atoms with Gasteiger partial charge in [-0.15, -0.1) is 21.8 Å². The van der Waals surface area contributed by atoms with E-state index in [4.69, 9.17) is 11.6 Å². The summed E-state index contributed by atoms with van der Waals surface area (Å²) in [5.74, 6) is 1.57. The van der Waals surface area contributed by atoms with Crippen LogP contribution in [0.15, 0.2) is 18.2 Å². The molecule has 94 valence electrons. The Hall–Kier alpha value is -1.95. The van der Waals surface area contributed by atoms with Crippen molar-refractivity contribution in [2.75, 3.05) is 0 Å². The van der Waals surface area contributed by atoms with Crippen LogP contribution in [0.1, 0.15) is 11.4 Å². The number of hydrogen-bond donors (Lipinski definition) is 0. The van der Waals surface area contributed by atoms with Gasteiger partial charge in [-0.1, -0.05) is 0 Å². The molecule has 0 saturated heterocycles. The summed E-state index contributed by atoms with van der Waals surface area (Å²) in [6, 6.07) is 4.85. The number of halogens is 1. The van der Waals surface area contributed by atoms with E-state index in [9.17, 15) is 10.1 Å². The second-order valence-corrected chi connectivity index (χ2v) is 4.16. The minimum atomic E-state index is -0.403. The van der Waals surface area contributed by atoms with Crippen LogP contribution in [0.4, 0.5) is 5.69 Å². The molecule has 1 heterocycles. The van der Waals surface area contributed by atoms with E-state index in [0.29, 0.717) is 17.2 Å². The van der Waals surface area contributed by atoms with Crippen LogP contribution in [0.2, 0.25) is 0 Å². The molecule has 0 aliphatic heterocycles. The fourth-order valence-corrected chi connectivity index (χ4v) is 1.96. The summed E-state index contributed by atoms with van der Waals surface area (Å²) in [6.45, 7) is 1.69. The molecule has 0 atom stereocenters. The average molecular weight is 267 g/mol. The topological polar surface area (TPSA) is 73.8 Å². The SMILES string of the molecule is Cc1cc(-c2nnc(CCl)n2C)ccc1[N+](=O)[O-]. The van der Waals surface area contributed by atoms with Crippen molar-refractivity contribution in [1.29, 1.82) is 0 Å². The molecule has 0 aliphatic carbocycles. The first-order valence-corrected chi connectivity index (χ1v) is 5.77. The maximum atomic E-state index is 10.7. The smallest absolute Gasteiger partial charge is 0.272 e. The summed E-state index contributed by atoms with van der Waals surface area (Å²) >= 11 is 5.72. The van der Waals surface area contributed by atoms with Gasteiger partial charge in [0.2, 0.25) is 0 Å². The number of aromatic nitrogens is 3. The fraction of sp³-hybridized carbons (Fsp3) is 0.273. The highest BCUT2D eigenvalue weighted by Gasteiger charge is 2.14. The van der Waals surface area contributed by atoms with Crippen LogP contribution in [-0.2, 0) is 12.9 Å². The minimum absolute atomic E-state index is 0.0958. The minimum Gasteiger partial charge on any atom is -0.313 e. The standard InChI is InChI=1S/C11H11ClN4O2/c1-7-5-8(3-4-9(7)16(17)18)11-14-13-10(6-12)15(11)2/h3-5H,6H2,1-2H3. The zero-order valence-electron chi connectivity index (χ0n) is 9.92. The Morgan fingerprint density at radius 1 is 1.44 bits per heavy atom. The number of nitro benzene ring substituents is 1. The largest absolute Gasteiger partial charge is 0.313 e. The molecular formula is C11H11ClN4O2. The maximum Gasteiger partial charge on any atom is 0.272 e. The summed E-state index contributed by atoms with van der Waals surface area (Å²) in [5.41, 5.74) is 1.47. The summed E-state index contributed by atoms with van der Waals surface area (Å²) in [6.07, 6.45) is 0. The van der Waals surface area contributed by atoms with Gasteiger partial charge in [0.1, 0.15) is 5.82 Å². The molecule has 0 spiro atoms. The molecule has 0 bridgehead atoms. The zero-order chi connectivity index (χ0) is 13.3. The second-order valence-electron chi connectivity index (χ2n) is 3.89. The van der Waals surface area contributed by atoms with E-state index in [1.807, 2.05) is 7.05 Å². The van der Waals surface area contributed by atoms with Gasteiger partial charge in [0.05, 0.1) is 10.8 Å². The quantitative estimate of drug-likeness (QED) is 0.486. The predicted octanol–water partition coefficient (Wildman–Crippen LogP) is 2.44. The second kappa shape index (κ2) is 4.73. The number of rotatable bonds is 3. The Labute approximate surface area is 108 Å². The van der Waals surface area contributed by atoms with Crippen molar-refractivity contribution in [2.24, 2.45) is 7.05 Å². The van der Waals surface area contributed by atoms with Gasteiger partial charge < -0.3 is 4.57 Å². The van der Waals surface area contributed by atoms with Crippen LogP contribution >= 0.6 is 11.6 Å². The predicted molar refractivity (Wildman–Crippen MR) is 67.4 cm³/mol. The van der Waals surface area contributed by atoms with E-state index in [1.165, 1.54) is 6.07 Å². The van der Waals surface area contributed by atoms with Crippen molar-refractivity contribution >= 4 is 17.3 Å². The average Bonchev–Trinajstić information content (AvgIpc) is 2.69. The third kappa shape index (κ3) is 2.06. The molecular weight excluding hydrogens is 256 g/mol. The normalized spacial score (nSPS) is 10.6. The fourth-order valence-electron chi connectivity index (χ4n) is 1.73. The van der Waals surface area contributed by atoms with Crippen LogP contribution in [0.25, 0.3) is 11.4 Å². The van der Waals surface area contributed by atoms with Crippen molar-refractivity contribution in [3.63, 3.8) is 0 Å². The van der Waals surface area contributed by atoms with Crippen molar-refractivity contribution in [1.82, 2.24) is 14.8 Å². The zero-order valence-corrected chi connectivity index (χ0v) is 10.7. The molecule has 7 heteroatoms. The lowest BCUT2D eigenvalue weighted by Crippen LogP contribution is -1.98. The highest BCUT2D eigenvalue weighted by Crippen LogP contribution is 2.25. The number of nitrogens with zero attached hydrogens (tertiary/aromatic N) is 4. The van der Waals surface area contributed by atoms with Gasteiger partial charge in [-0.2, -0.15) is 0 Å². The number of benzene rings is 1. The highest BCUT2D eigenvalue weighted by atomic mass is 35.5. The summed E-state index contributed by atoms with van der Waals surface area (Å²) in [4.78, 5) is 10.3. The van der Waals surface area contributed by atoms with Crippen LogP contribution in [0.5, 0.6) is 0 Å². The van der Waals surface area contributed by atoms with Crippen LogP contribution in [0.3, 0.4) is 0 Å². The Morgan fingerprint density at radius 3 is 2.67 bits per heavy atom. The lowest BCUT2D eigenvalue weighted by molar-refractivity contribution is -0.385. The molecule has 1 aromatic carbocycles. The van der Waals surface area contributed by atoms with Gasteiger partial charge >= 0.3 is 0 Å². The monoisotopic (exact) mass is 266 g/mol. The van der Waals surface area contributed by atoms with Crippen LogP contribution < -0.4 is 0 Å². The first-order valence-electron chi connectivity index (χ1n) is 5.24. The Bertz CT molecular complexity index is 609. The molecule has 0 saturated carbocycles. The van der Waals surface area contributed by atoms with E-state index in [0.717, 1.165) is 5.56 Å². The van der Waals surface area contributed by atoms with E-state index in [1.54, 1.807) is 23.6 Å². The third-order valence-corrected chi connectivity index (χ3v) is 2.98. The molecule has 0 fully saturated rings. The van der Waals surface area contributed by atoms with Crippen molar-refractivity contribution in [3.05, 3.63) is 39.7 Å². The summed E-state index contributed by atoms with van der Waals surface area (Å²) in [7, 11) is 1.81. The Morgan fingerprint density at radius 2 is 2.17 bits per heavy atom.